The number of halogens is 1. The molecule has 8 heteroatoms. The van der Waals surface area contributed by atoms with Crippen molar-refractivity contribution in [3.8, 4) is 0 Å². The Kier molecular flexibility index (Phi) is 6.09. The lowest BCUT2D eigenvalue weighted by molar-refractivity contribution is -0.136. The van der Waals surface area contributed by atoms with Crippen molar-refractivity contribution in [3.63, 3.8) is 0 Å². The van der Waals surface area contributed by atoms with Crippen molar-refractivity contribution in [2.75, 3.05) is 19.6 Å². The molecule has 1 saturated carbocycles. The quantitative estimate of drug-likeness (QED) is 0.650. The Morgan fingerprint density at radius 1 is 1.29 bits per heavy atom. The molecule has 0 aromatic rings. The van der Waals surface area contributed by atoms with E-state index >= 15 is 0 Å². The van der Waals surface area contributed by atoms with Gasteiger partial charge >= 0.3 is 6.03 Å². The normalized spacial score (nSPS) is 29.1. The van der Waals surface area contributed by atoms with Crippen LogP contribution in [0.5, 0.6) is 0 Å². The van der Waals surface area contributed by atoms with Crippen molar-refractivity contribution >= 4 is 30.3 Å². The lowest BCUT2D eigenvalue weighted by Crippen LogP contribution is -2.53. The number of piperidine rings is 1. The summed E-state index contributed by atoms with van der Waals surface area (Å²) in [5, 5.41) is 9.04. The molecule has 0 aromatic heterocycles. The van der Waals surface area contributed by atoms with Crippen LogP contribution in [0.2, 0.25) is 0 Å². The van der Waals surface area contributed by atoms with Crippen molar-refractivity contribution in [2.24, 2.45) is 5.92 Å². The van der Waals surface area contributed by atoms with Crippen molar-refractivity contribution in [2.45, 2.75) is 57.0 Å². The van der Waals surface area contributed by atoms with Gasteiger partial charge in [-0.15, -0.1) is 12.4 Å². The maximum atomic E-state index is 12.6. The van der Waals surface area contributed by atoms with Crippen LogP contribution in [0, 0.1) is 5.92 Å². The number of imide groups is 1. The van der Waals surface area contributed by atoms with Gasteiger partial charge in [-0.25, -0.2) is 4.79 Å². The van der Waals surface area contributed by atoms with Crippen LogP contribution in [0.3, 0.4) is 0 Å². The fourth-order valence-corrected chi connectivity index (χ4v) is 3.89. The molecule has 3 aliphatic rings. The SMILES string of the molecule is CC1CCNCC1NC(=O)CN1C(=O)NC2(CCCCC2)C1=O.Cl. The molecule has 3 rings (SSSR count). The number of carbonyl (C=O) groups is 3. The number of hydrogen-bond donors (Lipinski definition) is 3. The maximum absolute atomic E-state index is 12.6. The first kappa shape index (κ1) is 19.0. The predicted octanol–water partition coefficient (Wildman–Crippen LogP) is 0.777. The van der Waals surface area contributed by atoms with Crippen LogP contribution >= 0.6 is 12.4 Å². The molecule has 1 spiro atoms. The van der Waals surface area contributed by atoms with E-state index < -0.39 is 11.6 Å². The third-order valence-electron chi connectivity index (χ3n) is 5.43. The van der Waals surface area contributed by atoms with Crippen LogP contribution < -0.4 is 16.0 Å². The fourth-order valence-electron chi connectivity index (χ4n) is 3.89. The molecule has 4 amide bonds. The number of amides is 4. The molecular weight excluding hydrogens is 332 g/mol. The first-order valence-corrected chi connectivity index (χ1v) is 8.66. The zero-order valence-corrected chi connectivity index (χ0v) is 14.9. The van der Waals surface area contributed by atoms with Gasteiger partial charge in [-0.1, -0.05) is 26.2 Å². The van der Waals surface area contributed by atoms with E-state index in [0.717, 1.165) is 43.7 Å². The van der Waals surface area contributed by atoms with Gasteiger partial charge in [0.2, 0.25) is 5.91 Å². The maximum Gasteiger partial charge on any atom is 0.325 e. The fraction of sp³-hybridized carbons (Fsp3) is 0.812. The monoisotopic (exact) mass is 358 g/mol. The highest BCUT2D eigenvalue weighted by Gasteiger charge is 2.51. The van der Waals surface area contributed by atoms with Crippen LogP contribution in [-0.4, -0.2) is 54.0 Å². The summed E-state index contributed by atoms with van der Waals surface area (Å²) in [5.41, 5.74) is -0.755. The molecule has 136 valence electrons. The van der Waals surface area contributed by atoms with E-state index in [1.54, 1.807) is 0 Å². The predicted molar refractivity (Wildman–Crippen MR) is 91.9 cm³/mol. The molecule has 2 unspecified atom stereocenters. The Bertz CT molecular complexity index is 508. The van der Waals surface area contributed by atoms with Gasteiger partial charge in [-0.2, -0.15) is 0 Å². The molecule has 3 N–H and O–H groups in total. The zero-order chi connectivity index (χ0) is 16.4. The Morgan fingerprint density at radius 2 is 2.00 bits per heavy atom. The van der Waals surface area contributed by atoms with E-state index in [4.69, 9.17) is 0 Å². The average Bonchev–Trinajstić information content (AvgIpc) is 2.75. The molecule has 0 aromatic carbocycles. The summed E-state index contributed by atoms with van der Waals surface area (Å²) in [7, 11) is 0. The summed E-state index contributed by atoms with van der Waals surface area (Å²) in [6, 6.07) is -0.373. The van der Waals surface area contributed by atoms with Crippen molar-refractivity contribution in [1.29, 1.82) is 0 Å². The van der Waals surface area contributed by atoms with Crippen LogP contribution in [0.15, 0.2) is 0 Å². The molecule has 2 atom stereocenters. The van der Waals surface area contributed by atoms with Gasteiger partial charge in [0.05, 0.1) is 0 Å². The Balaban J connectivity index is 0.00000208. The average molecular weight is 359 g/mol. The van der Waals surface area contributed by atoms with Crippen LogP contribution in [0.1, 0.15) is 45.4 Å². The molecular formula is C16H27ClN4O3. The second-order valence-electron chi connectivity index (χ2n) is 7.11. The second kappa shape index (κ2) is 7.70. The highest BCUT2D eigenvalue weighted by atomic mass is 35.5. The van der Waals surface area contributed by atoms with Crippen LogP contribution in [0.25, 0.3) is 0 Å². The van der Waals surface area contributed by atoms with E-state index in [2.05, 4.69) is 22.9 Å². The van der Waals surface area contributed by atoms with Gasteiger partial charge in [0, 0.05) is 12.6 Å². The number of rotatable bonds is 3. The molecule has 2 heterocycles. The molecule has 2 saturated heterocycles. The van der Waals surface area contributed by atoms with E-state index in [-0.39, 0.29) is 36.8 Å². The standard InChI is InChI=1S/C16H26N4O3.ClH/c1-11-5-8-17-9-12(11)18-13(21)10-20-14(22)16(19-15(20)23)6-3-2-4-7-16;/h11-12,17H,2-10H2,1H3,(H,18,21)(H,19,23);1H. The Labute approximate surface area is 148 Å². The topological polar surface area (TPSA) is 90.5 Å². The lowest BCUT2D eigenvalue weighted by atomic mass is 9.82. The molecule has 2 aliphatic heterocycles. The van der Waals surface area contributed by atoms with Gasteiger partial charge < -0.3 is 16.0 Å². The van der Waals surface area contributed by atoms with E-state index in [0.29, 0.717) is 18.8 Å². The third kappa shape index (κ3) is 3.67. The molecule has 7 nitrogen and oxygen atoms in total. The highest BCUT2D eigenvalue weighted by Crippen LogP contribution is 2.33. The molecule has 3 fully saturated rings. The first-order valence-electron chi connectivity index (χ1n) is 8.66. The lowest BCUT2D eigenvalue weighted by Gasteiger charge is -2.31. The van der Waals surface area contributed by atoms with Crippen LogP contribution in [0.4, 0.5) is 4.79 Å². The smallest absolute Gasteiger partial charge is 0.325 e. The van der Waals surface area contributed by atoms with Gasteiger partial charge in [0.1, 0.15) is 12.1 Å². The molecule has 0 radical (unpaired) electrons. The van der Waals surface area contributed by atoms with Crippen LogP contribution in [-0.2, 0) is 9.59 Å². The summed E-state index contributed by atoms with van der Waals surface area (Å²) in [6.45, 7) is 3.62. The first-order chi connectivity index (χ1) is 11.0. The highest BCUT2D eigenvalue weighted by molar-refractivity contribution is 6.09. The largest absolute Gasteiger partial charge is 0.350 e. The van der Waals surface area contributed by atoms with E-state index in [9.17, 15) is 14.4 Å². The zero-order valence-electron chi connectivity index (χ0n) is 14.1. The number of urea groups is 1. The number of hydrogen-bond acceptors (Lipinski definition) is 4. The molecule has 24 heavy (non-hydrogen) atoms. The molecule has 0 bridgehead atoms. The minimum atomic E-state index is -0.755. The minimum Gasteiger partial charge on any atom is -0.350 e. The van der Waals surface area contributed by atoms with Gasteiger partial charge in [-0.05, 0) is 31.7 Å². The van der Waals surface area contributed by atoms with E-state index in [1.165, 1.54) is 0 Å². The van der Waals surface area contributed by atoms with Gasteiger partial charge in [0.15, 0.2) is 0 Å². The summed E-state index contributed by atoms with van der Waals surface area (Å²) in [6.07, 6.45) is 5.35. The second-order valence-corrected chi connectivity index (χ2v) is 7.11. The van der Waals surface area contributed by atoms with Crippen molar-refractivity contribution in [1.82, 2.24) is 20.9 Å². The van der Waals surface area contributed by atoms with Gasteiger partial charge in [0.25, 0.3) is 5.91 Å². The van der Waals surface area contributed by atoms with Crippen molar-refractivity contribution in [3.05, 3.63) is 0 Å². The molecule has 1 aliphatic carbocycles. The summed E-state index contributed by atoms with van der Waals surface area (Å²) < 4.78 is 0. The summed E-state index contributed by atoms with van der Waals surface area (Å²) in [5.74, 6) is -0.0953. The number of nitrogens with zero attached hydrogens (tertiary/aromatic N) is 1. The minimum absolute atomic E-state index is 0. The van der Waals surface area contributed by atoms with E-state index in [1.807, 2.05) is 0 Å². The Hall–Kier alpha value is -1.34. The number of nitrogens with one attached hydrogen (secondary N) is 3. The Morgan fingerprint density at radius 3 is 2.67 bits per heavy atom. The van der Waals surface area contributed by atoms with Gasteiger partial charge in [-0.3, -0.25) is 14.5 Å². The summed E-state index contributed by atoms with van der Waals surface area (Å²) >= 11 is 0. The summed E-state index contributed by atoms with van der Waals surface area (Å²) in [4.78, 5) is 38.1. The number of carbonyl (C=O) groups excluding carboxylic acids is 3. The third-order valence-corrected chi connectivity index (χ3v) is 5.43. The van der Waals surface area contributed by atoms with Crippen molar-refractivity contribution < 1.29 is 14.4 Å².